The molecule has 7 nitrogen and oxygen atoms in total. The van der Waals surface area contributed by atoms with Crippen molar-refractivity contribution in [1.82, 2.24) is 5.32 Å². The van der Waals surface area contributed by atoms with Crippen LogP contribution in [0.1, 0.15) is 136 Å². The Kier molecular flexibility index (Phi) is 25.4. The van der Waals surface area contributed by atoms with Gasteiger partial charge in [0.2, 0.25) is 5.91 Å². The molecule has 0 fully saturated rings. The van der Waals surface area contributed by atoms with Gasteiger partial charge in [0.1, 0.15) is 6.10 Å². The Labute approximate surface area is 245 Å². The smallest absolute Gasteiger partial charge is 0.267 e. The van der Waals surface area contributed by atoms with Gasteiger partial charge in [-0.3, -0.25) is 9.35 Å². The number of unbranched alkanes of at least 4 members (excludes halogenated alkanes) is 14. The van der Waals surface area contributed by atoms with E-state index in [2.05, 4.69) is 43.5 Å². The van der Waals surface area contributed by atoms with Gasteiger partial charge in [0.05, 0.1) is 17.9 Å². The van der Waals surface area contributed by atoms with Gasteiger partial charge in [-0.15, -0.1) is 0 Å². The molecule has 0 aromatic carbocycles. The monoisotopic (exact) mass is 585 g/mol. The molecule has 0 heterocycles. The topological polar surface area (TPSA) is 124 Å². The van der Waals surface area contributed by atoms with E-state index < -0.39 is 40.0 Å². The summed E-state index contributed by atoms with van der Waals surface area (Å²) in [6.07, 6.45) is 29.2. The Balaban J connectivity index is 4.34. The zero-order valence-electron chi connectivity index (χ0n) is 25.3. The third kappa shape index (κ3) is 25.5. The number of hydrogen-bond acceptors (Lipinski definition) is 5. The van der Waals surface area contributed by atoms with E-state index in [1.54, 1.807) is 6.08 Å². The van der Waals surface area contributed by atoms with Gasteiger partial charge in [-0.1, -0.05) is 127 Å². The first-order valence-corrected chi connectivity index (χ1v) is 17.4. The van der Waals surface area contributed by atoms with Crippen LogP contribution in [0.4, 0.5) is 0 Å². The average Bonchev–Trinajstić information content (AvgIpc) is 2.90. The highest BCUT2D eigenvalue weighted by atomic mass is 32.2. The van der Waals surface area contributed by atoms with E-state index in [1.807, 2.05) is 0 Å². The molecule has 1 amide bonds. The summed E-state index contributed by atoms with van der Waals surface area (Å²) in [7, 11) is -4.44. The predicted molar refractivity (Wildman–Crippen MR) is 167 cm³/mol. The Morgan fingerprint density at radius 2 is 1.12 bits per heavy atom. The Morgan fingerprint density at radius 3 is 1.65 bits per heavy atom. The van der Waals surface area contributed by atoms with E-state index in [-0.39, 0.29) is 6.42 Å². The van der Waals surface area contributed by atoms with Crippen LogP contribution in [0, 0.1) is 0 Å². The summed E-state index contributed by atoms with van der Waals surface area (Å²) < 4.78 is 32.2. The second-order valence-corrected chi connectivity index (χ2v) is 12.4. The van der Waals surface area contributed by atoms with Crippen molar-refractivity contribution >= 4 is 16.0 Å². The largest absolute Gasteiger partial charge is 0.387 e. The van der Waals surface area contributed by atoms with Crippen molar-refractivity contribution in [2.24, 2.45) is 0 Å². The Morgan fingerprint density at radius 1 is 0.675 bits per heavy atom. The predicted octanol–water partition coefficient (Wildman–Crippen LogP) is 7.20. The summed E-state index contributed by atoms with van der Waals surface area (Å²) in [6, 6.07) is -1.25. The van der Waals surface area contributed by atoms with Crippen LogP contribution in [-0.2, 0) is 14.9 Å². The number of carbonyl (C=O) groups excluding carboxylic acids is 1. The molecule has 0 bridgehead atoms. The molecule has 0 aromatic rings. The van der Waals surface area contributed by atoms with Gasteiger partial charge in [-0.05, 0) is 44.9 Å². The highest BCUT2D eigenvalue weighted by Crippen LogP contribution is 2.12. The zero-order valence-corrected chi connectivity index (χ0v) is 26.1. The van der Waals surface area contributed by atoms with Crippen molar-refractivity contribution in [1.29, 1.82) is 0 Å². The lowest BCUT2D eigenvalue weighted by molar-refractivity contribution is -0.130. The number of aliphatic hydroxyl groups is 2. The van der Waals surface area contributed by atoms with Crippen LogP contribution in [0.25, 0.3) is 0 Å². The fourth-order valence-electron chi connectivity index (χ4n) is 4.43. The molecular weight excluding hydrogens is 526 g/mol. The Hall–Kier alpha value is -1.48. The number of carbonyl (C=O) groups is 1. The molecule has 0 spiro atoms. The molecule has 0 aromatic heterocycles. The van der Waals surface area contributed by atoms with E-state index in [4.69, 9.17) is 0 Å². The number of rotatable bonds is 27. The van der Waals surface area contributed by atoms with E-state index >= 15 is 0 Å². The molecule has 0 rings (SSSR count). The maximum Gasteiger partial charge on any atom is 0.267 e. The summed E-state index contributed by atoms with van der Waals surface area (Å²) in [5.41, 5.74) is 0. The number of amides is 1. The van der Waals surface area contributed by atoms with E-state index in [9.17, 15) is 28.0 Å². The van der Waals surface area contributed by atoms with Gasteiger partial charge in [0, 0.05) is 0 Å². The number of allylic oxidation sites excluding steroid dienone is 5. The van der Waals surface area contributed by atoms with Gasteiger partial charge in [-0.25, -0.2) is 0 Å². The van der Waals surface area contributed by atoms with Crippen molar-refractivity contribution in [3.05, 3.63) is 36.5 Å². The minimum Gasteiger partial charge on any atom is -0.387 e. The molecule has 4 N–H and O–H groups in total. The number of nitrogens with one attached hydrogen (secondary N) is 1. The third-order valence-corrected chi connectivity index (χ3v) is 7.69. The molecule has 234 valence electrons. The molecule has 3 unspecified atom stereocenters. The lowest BCUT2D eigenvalue weighted by Gasteiger charge is -2.22. The van der Waals surface area contributed by atoms with Gasteiger partial charge in [0.25, 0.3) is 10.1 Å². The van der Waals surface area contributed by atoms with E-state index in [0.717, 1.165) is 44.9 Å². The van der Waals surface area contributed by atoms with Crippen LogP contribution in [0.15, 0.2) is 36.5 Å². The average molecular weight is 586 g/mol. The first-order chi connectivity index (χ1) is 19.2. The quantitative estimate of drug-likeness (QED) is 0.0459. The van der Waals surface area contributed by atoms with Crippen LogP contribution >= 0.6 is 0 Å². The van der Waals surface area contributed by atoms with E-state index in [1.165, 1.54) is 63.9 Å². The molecule has 0 saturated heterocycles. The maximum atomic E-state index is 12.4. The summed E-state index contributed by atoms with van der Waals surface area (Å²) >= 11 is 0. The normalized spacial score (nSPS) is 14.8. The SMILES string of the molecule is CCCCC/C=C/CC/C=C/CC/C=C/C(O)C(CS(=O)(=O)O)NC(=O)C(O)CCCCCCCCCCCC. The van der Waals surface area contributed by atoms with Crippen LogP contribution in [0.2, 0.25) is 0 Å². The first-order valence-electron chi connectivity index (χ1n) is 15.8. The third-order valence-electron chi connectivity index (χ3n) is 6.90. The van der Waals surface area contributed by atoms with Gasteiger partial charge in [0.15, 0.2) is 0 Å². The fraction of sp³-hybridized carbons (Fsp3) is 0.781. The molecule has 8 heteroatoms. The van der Waals surface area contributed by atoms with Crippen molar-refractivity contribution in [2.45, 2.75) is 154 Å². The van der Waals surface area contributed by atoms with Crippen LogP contribution in [0.5, 0.6) is 0 Å². The molecule has 3 atom stereocenters. The lowest BCUT2D eigenvalue weighted by Crippen LogP contribution is -2.50. The zero-order chi connectivity index (χ0) is 29.9. The molecule has 40 heavy (non-hydrogen) atoms. The summed E-state index contributed by atoms with van der Waals surface area (Å²) in [5.74, 6) is -1.57. The van der Waals surface area contributed by atoms with Gasteiger partial charge < -0.3 is 15.5 Å². The highest BCUT2D eigenvalue weighted by Gasteiger charge is 2.27. The van der Waals surface area contributed by atoms with Crippen molar-refractivity contribution < 1.29 is 28.0 Å². The minimum atomic E-state index is -4.44. The van der Waals surface area contributed by atoms with Gasteiger partial charge in [-0.2, -0.15) is 8.42 Å². The number of aliphatic hydroxyl groups excluding tert-OH is 2. The standard InChI is InChI=1S/C32H59NO6S/c1-3-5-7-9-11-13-15-16-17-19-20-22-24-26-30(34)29(28-40(37,38)39)33-32(36)31(35)27-25-23-21-18-14-12-10-8-6-4-2/h11,13,17,19,24,26,29-31,34-35H,3-10,12,14-16,18,20-23,25,27-28H2,1-2H3,(H,33,36)(H,37,38,39)/b13-11+,19-17+,26-24+. The lowest BCUT2D eigenvalue weighted by atomic mass is 10.0. The molecule has 0 aliphatic heterocycles. The minimum absolute atomic E-state index is 0.272. The number of hydrogen-bond donors (Lipinski definition) is 4. The molecular formula is C32H59NO6S. The first kappa shape index (κ1) is 38.5. The highest BCUT2D eigenvalue weighted by molar-refractivity contribution is 7.85. The van der Waals surface area contributed by atoms with Crippen molar-refractivity contribution in [3.63, 3.8) is 0 Å². The maximum absolute atomic E-state index is 12.4. The molecule has 0 aliphatic rings. The summed E-state index contributed by atoms with van der Waals surface area (Å²) in [5, 5.41) is 23.1. The summed E-state index contributed by atoms with van der Waals surface area (Å²) in [4.78, 5) is 12.4. The second kappa shape index (κ2) is 26.4. The molecule has 0 saturated carbocycles. The van der Waals surface area contributed by atoms with Crippen LogP contribution in [-0.4, -0.2) is 53.1 Å². The molecule has 0 radical (unpaired) electrons. The van der Waals surface area contributed by atoms with Crippen LogP contribution in [0.3, 0.4) is 0 Å². The molecule has 0 aliphatic carbocycles. The van der Waals surface area contributed by atoms with Crippen molar-refractivity contribution in [2.75, 3.05) is 5.75 Å². The van der Waals surface area contributed by atoms with E-state index in [0.29, 0.717) is 12.8 Å². The van der Waals surface area contributed by atoms with Crippen molar-refractivity contribution in [3.8, 4) is 0 Å². The summed E-state index contributed by atoms with van der Waals surface area (Å²) in [6.45, 7) is 4.41. The second-order valence-electron chi connectivity index (χ2n) is 10.9. The van der Waals surface area contributed by atoms with Gasteiger partial charge >= 0.3 is 0 Å². The Bertz CT molecular complexity index is 793. The fourth-order valence-corrected chi connectivity index (χ4v) is 5.16. The van der Waals surface area contributed by atoms with Crippen LogP contribution < -0.4 is 5.32 Å².